The number of fused-ring (bicyclic) bond motifs is 6. The van der Waals surface area contributed by atoms with Gasteiger partial charge in [0.1, 0.15) is 0 Å². The molecule has 0 aliphatic heterocycles. The molecule has 0 atom stereocenters. The van der Waals surface area contributed by atoms with Crippen molar-refractivity contribution in [1.29, 1.82) is 0 Å². The van der Waals surface area contributed by atoms with Crippen molar-refractivity contribution in [3.05, 3.63) is 150 Å². The second-order valence-electron chi connectivity index (χ2n) is 11.2. The summed E-state index contributed by atoms with van der Waals surface area (Å²) in [5, 5.41) is 4.67. The first-order chi connectivity index (χ1) is 22.7. The second-order valence-corrected chi connectivity index (χ2v) is 11.9. The molecular formula is C39H23Cl2N5. The summed E-state index contributed by atoms with van der Waals surface area (Å²) < 4.78 is 4.60. The van der Waals surface area contributed by atoms with Crippen LogP contribution in [0.1, 0.15) is 0 Å². The fourth-order valence-electron chi connectivity index (χ4n) is 6.79. The van der Waals surface area contributed by atoms with Crippen molar-refractivity contribution in [2.24, 2.45) is 0 Å². The highest BCUT2D eigenvalue weighted by atomic mass is 35.5. The quantitative estimate of drug-likeness (QED) is 0.194. The summed E-state index contributed by atoms with van der Waals surface area (Å²) >= 11 is 13.0. The fourth-order valence-corrected chi connectivity index (χ4v) is 7.16. The molecule has 5 nitrogen and oxygen atoms in total. The van der Waals surface area contributed by atoms with Gasteiger partial charge in [-0.3, -0.25) is 0 Å². The maximum Gasteiger partial charge on any atom is 0.227 e. The minimum atomic E-state index is 0.0310. The number of para-hydroxylation sites is 4. The molecule has 218 valence electrons. The van der Waals surface area contributed by atoms with Crippen LogP contribution in [-0.4, -0.2) is 24.1 Å². The van der Waals surface area contributed by atoms with Crippen LogP contribution in [0.4, 0.5) is 0 Å². The molecule has 0 amide bonds. The van der Waals surface area contributed by atoms with Gasteiger partial charge in [0.2, 0.25) is 10.6 Å². The fraction of sp³-hybridized carbons (Fsp3) is 0. The van der Waals surface area contributed by atoms with E-state index in [0.29, 0.717) is 5.82 Å². The Morgan fingerprint density at radius 3 is 1.17 bits per heavy atom. The number of hydrogen-bond acceptors (Lipinski definition) is 3. The van der Waals surface area contributed by atoms with Crippen LogP contribution in [-0.2, 0) is 0 Å². The lowest BCUT2D eigenvalue weighted by atomic mass is 9.99. The molecule has 3 aromatic heterocycles. The Morgan fingerprint density at radius 1 is 0.391 bits per heavy atom. The van der Waals surface area contributed by atoms with Crippen molar-refractivity contribution in [3.63, 3.8) is 0 Å². The Kier molecular flexibility index (Phi) is 6.17. The standard InChI is InChI=1S/C39H23Cl2N5/c40-38-42-37(43-39(41)44-38)36-34(45-30-18-8-4-14-26(30)27-15-5-9-19-31(27)45)22-25(24-12-2-1-3-13-24)23-35(36)46-32-20-10-6-16-28(32)29-17-7-11-21-33(29)46/h1-23H. The smallest absolute Gasteiger partial charge is 0.227 e. The molecular weight excluding hydrogens is 609 g/mol. The summed E-state index contributed by atoms with van der Waals surface area (Å²) in [4.78, 5) is 13.5. The van der Waals surface area contributed by atoms with E-state index in [1.165, 1.54) is 0 Å². The third-order valence-corrected chi connectivity index (χ3v) is 8.99. The maximum absolute atomic E-state index is 6.50. The van der Waals surface area contributed by atoms with Gasteiger partial charge in [0.25, 0.3) is 0 Å². The molecule has 0 saturated heterocycles. The normalized spacial score (nSPS) is 11.7. The summed E-state index contributed by atoms with van der Waals surface area (Å²) in [5.74, 6) is 0.387. The maximum atomic E-state index is 6.50. The number of halogens is 2. The highest BCUT2D eigenvalue weighted by Gasteiger charge is 2.25. The Balaban J connectivity index is 1.54. The first-order valence-corrected chi connectivity index (χ1v) is 15.7. The number of nitrogens with zero attached hydrogens (tertiary/aromatic N) is 5. The highest BCUT2D eigenvalue weighted by molar-refractivity contribution is 6.31. The molecule has 0 N–H and O–H groups in total. The molecule has 9 rings (SSSR count). The lowest BCUT2D eigenvalue weighted by Gasteiger charge is -2.21. The van der Waals surface area contributed by atoms with Gasteiger partial charge in [0.15, 0.2) is 5.82 Å². The van der Waals surface area contributed by atoms with Crippen LogP contribution in [0, 0.1) is 0 Å². The number of hydrogen-bond donors (Lipinski definition) is 0. The van der Waals surface area contributed by atoms with E-state index in [1.54, 1.807) is 0 Å². The molecule has 46 heavy (non-hydrogen) atoms. The second kappa shape index (κ2) is 10.6. The van der Waals surface area contributed by atoms with Crippen molar-refractivity contribution < 1.29 is 0 Å². The number of benzene rings is 6. The zero-order valence-electron chi connectivity index (χ0n) is 24.3. The first kappa shape index (κ1) is 26.9. The monoisotopic (exact) mass is 631 g/mol. The largest absolute Gasteiger partial charge is 0.308 e. The van der Waals surface area contributed by atoms with E-state index in [2.05, 4.69) is 148 Å². The highest BCUT2D eigenvalue weighted by Crippen LogP contribution is 2.43. The molecule has 0 aliphatic rings. The molecule has 0 aliphatic carbocycles. The van der Waals surface area contributed by atoms with E-state index in [9.17, 15) is 0 Å². The zero-order valence-corrected chi connectivity index (χ0v) is 25.8. The zero-order chi connectivity index (χ0) is 30.8. The summed E-state index contributed by atoms with van der Waals surface area (Å²) in [5.41, 5.74) is 8.97. The van der Waals surface area contributed by atoms with Crippen LogP contribution >= 0.6 is 23.2 Å². The van der Waals surface area contributed by atoms with E-state index in [1.807, 2.05) is 6.07 Å². The van der Waals surface area contributed by atoms with Crippen molar-refractivity contribution in [2.45, 2.75) is 0 Å². The van der Waals surface area contributed by atoms with Crippen molar-refractivity contribution >= 4 is 66.8 Å². The van der Waals surface area contributed by atoms with Gasteiger partial charge in [-0.05, 0) is 70.7 Å². The first-order valence-electron chi connectivity index (χ1n) is 14.9. The Morgan fingerprint density at radius 2 is 0.761 bits per heavy atom. The molecule has 3 heterocycles. The van der Waals surface area contributed by atoms with Crippen molar-refractivity contribution in [2.75, 3.05) is 0 Å². The van der Waals surface area contributed by atoms with Crippen molar-refractivity contribution in [1.82, 2.24) is 24.1 Å². The Bertz CT molecular complexity index is 2360. The summed E-state index contributed by atoms with van der Waals surface area (Å²) in [7, 11) is 0. The van der Waals surface area contributed by atoms with Gasteiger partial charge >= 0.3 is 0 Å². The van der Waals surface area contributed by atoms with E-state index in [0.717, 1.165) is 71.7 Å². The van der Waals surface area contributed by atoms with Crippen LogP contribution in [0.3, 0.4) is 0 Å². The summed E-state index contributed by atoms with van der Waals surface area (Å²) in [6, 6.07) is 48.8. The summed E-state index contributed by atoms with van der Waals surface area (Å²) in [6.07, 6.45) is 0. The van der Waals surface area contributed by atoms with Crippen LogP contribution < -0.4 is 0 Å². The minimum absolute atomic E-state index is 0.0310. The molecule has 0 radical (unpaired) electrons. The predicted molar refractivity (Wildman–Crippen MR) is 189 cm³/mol. The number of rotatable bonds is 4. The van der Waals surface area contributed by atoms with Gasteiger partial charge in [0, 0.05) is 21.5 Å². The molecule has 0 fully saturated rings. The summed E-state index contributed by atoms with van der Waals surface area (Å²) in [6.45, 7) is 0. The van der Waals surface area contributed by atoms with Crippen LogP contribution in [0.15, 0.2) is 140 Å². The van der Waals surface area contributed by atoms with E-state index in [4.69, 9.17) is 33.2 Å². The predicted octanol–water partition coefficient (Wildman–Crippen LogP) is 10.7. The SMILES string of the molecule is Clc1nc(Cl)nc(-c2c(-n3c4ccccc4c4ccccc43)cc(-c3ccccc3)cc2-n2c3ccccc3c3ccccc32)n1. The van der Waals surface area contributed by atoms with Gasteiger partial charge in [-0.2, -0.15) is 15.0 Å². The van der Waals surface area contributed by atoms with Gasteiger partial charge in [-0.25, -0.2) is 0 Å². The molecule has 0 bridgehead atoms. The minimum Gasteiger partial charge on any atom is -0.308 e. The topological polar surface area (TPSA) is 48.5 Å². The van der Waals surface area contributed by atoms with Gasteiger partial charge in [-0.1, -0.05) is 103 Å². The third kappa shape index (κ3) is 4.13. The van der Waals surface area contributed by atoms with E-state index < -0.39 is 0 Å². The van der Waals surface area contributed by atoms with Gasteiger partial charge in [0.05, 0.1) is 39.0 Å². The molecule has 0 unspecified atom stereocenters. The van der Waals surface area contributed by atoms with Crippen LogP contribution in [0.5, 0.6) is 0 Å². The Labute approximate surface area is 273 Å². The number of aromatic nitrogens is 5. The van der Waals surface area contributed by atoms with Gasteiger partial charge < -0.3 is 9.13 Å². The van der Waals surface area contributed by atoms with Gasteiger partial charge in [-0.15, -0.1) is 0 Å². The molecule has 7 heteroatoms. The Hall–Kier alpha value is -5.49. The lowest BCUT2D eigenvalue weighted by molar-refractivity contribution is 1.04. The van der Waals surface area contributed by atoms with Crippen LogP contribution in [0.25, 0.3) is 77.5 Å². The van der Waals surface area contributed by atoms with E-state index >= 15 is 0 Å². The molecule has 9 aromatic rings. The molecule has 0 spiro atoms. The van der Waals surface area contributed by atoms with E-state index in [-0.39, 0.29) is 10.6 Å². The lowest BCUT2D eigenvalue weighted by Crippen LogP contribution is -2.07. The third-order valence-electron chi connectivity index (χ3n) is 8.65. The molecule has 0 saturated carbocycles. The average Bonchev–Trinajstić information content (AvgIpc) is 3.61. The van der Waals surface area contributed by atoms with Crippen molar-refractivity contribution in [3.8, 4) is 33.9 Å². The average molecular weight is 633 g/mol. The van der Waals surface area contributed by atoms with Crippen LogP contribution in [0.2, 0.25) is 10.6 Å². The molecule has 6 aromatic carbocycles.